The Labute approximate surface area is 95.3 Å². The molecule has 0 unspecified atom stereocenters. The minimum atomic E-state index is -0.417. The van der Waals surface area contributed by atoms with Gasteiger partial charge in [-0.05, 0) is 35.8 Å². The molecule has 1 aromatic carbocycles. The maximum atomic E-state index is 11.6. The first-order valence-electron chi connectivity index (χ1n) is 6.03. The van der Waals surface area contributed by atoms with Crippen LogP contribution in [0.15, 0.2) is 24.3 Å². The van der Waals surface area contributed by atoms with Crippen molar-refractivity contribution in [3.8, 4) is 0 Å². The molecule has 84 valence electrons. The zero-order chi connectivity index (χ0) is 11.1. The number of aliphatic hydroxyl groups is 1. The molecule has 0 aromatic heterocycles. The lowest BCUT2D eigenvalue weighted by Crippen LogP contribution is -2.38. The van der Waals surface area contributed by atoms with Gasteiger partial charge in [0, 0.05) is 12.8 Å². The summed E-state index contributed by atoms with van der Waals surface area (Å²) in [4.78, 5) is 11.6. The highest BCUT2D eigenvalue weighted by molar-refractivity contribution is 5.81. The minimum absolute atomic E-state index is 0.213. The van der Waals surface area contributed by atoms with E-state index in [1.165, 1.54) is 11.1 Å². The van der Waals surface area contributed by atoms with Crippen molar-refractivity contribution in [2.24, 2.45) is 5.92 Å². The van der Waals surface area contributed by atoms with Crippen molar-refractivity contribution in [3.05, 3.63) is 35.4 Å². The molecule has 2 aliphatic carbocycles. The summed E-state index contributed by atoms with van der Waals surface area (Å²) in [5.74, 6) is 0.777. The van der Waals surface area contributed by atoms with Crippen LogP contribution >= 0.6 is 0 Å². The van der Waals surface area contributed by atoms with Crippen LogP contribution in [-0.2, 0) is 11.2 Å². The highest BCUT2D eigenvalue weighted by Crippen LogP contribution is 2.43. The van der Waals surface area contributed by atoms with Gasteiger partial charge in [-0.1, -0.05) is 24.3 Å². The number of aryl methyl sites for hydroxylation is 1. The van der Waals surface area contributed by atoms with E-state index < -0.39 is 6.10 Å². The molecular formula is C14H16O2. The van der Waals surface area contributed by atoms with Gasteiger partial charge in [0.15, 0.2) is 0 Å². The van der Waals surface area contributed by atoms with Gasteiger partial charge in [-0.2, -0.15) is 0 Å². The van der Waals surface area contributed by atoms with Crippen molar-refractivity contribution in [2.45, 2.75) is 37.7 Å². The highest BCUT2D eigenvalue weighted by Gasteiger charge is 2.39. The second kappa shape index (κ2) is 3.70. The largest absolute Gasteiger partial charge is 0.392 e. The van der Waals surface area contributed by atoms with Gasteiger partial charge in [0.1, 0.15) is 5.78 Å². The summed E-state index contributed by atoms with van der Waals surface area (Å²) in [7, 11) is 0. The van der Waals surface area contributed by atoms with Crippen LogP contribution in [0, 0.1) is 5.92 Å². The van der Waals surface area contributed by atoms with E-state index in [0.29, 0.717) is 18.8 Å². The average Bonchev–Trinajstić information content (AvgIpc) is 2.28. The molecule has 1 aromatic rings. The van der Waals surface area contributed by atoms with Gasteiger partial charge in [0.05, 0.1) is 6.10 Å². The third-order valence-electron chi connectivity index (χ3n) is 4.10. The molecule has 2 aliphatic rings. The number of ketones is 1. The molecular weight excluding hydrogens is 200 g/mol. The second-order valence-corrected chi connectivity index (χ2v) is 5.02. The van der Waals surface area contributed by atoms with Crippen LogP contribution in [0.25, 0.3) is 0 Å². The van der Waals surface area contributed by atoms with Crippen molar-refractivity contribution < 1.29 is 9.90 Å². The fourth-order valence-corrected chi connectivity index (χ4v) is 3.31. The Hall–Kier alpha value is -1.15. The predicted molar refractivity (Wildman–Crippen MR) is 61.2 cm³/mol. The number of fused-ring (bicyclic) bond motifs is 3. The number of hydrogen-bond acceptors (Lipinski definition) is 2. The van der Waals surface area contributed by atoms with E-state index in [9.17, 15) is 9.90 Å². The molecule has 16 heavy (non-hydrogen) atoms. The Morgan fingerprint density at radius 1 is 1.19 bits per heavy atom. The second-order valence-electron chi connectivity index (χ2n) is 5.02. The molecule has 0 bridgehead atoms. The molecule has 1 N–H and O–H groups in total. The van der Waals surface area contributed by atoms with E-state index in [1.807, 2.05) is 6.07 Å². The number of carbonyl (C=O) groups is 1. The first-order chi connectivity index (χ1) is 7.75. The fourth-order valence-electron chi connectivity index (χ4n) is 3.31. The Morgan fingerprint density at radius 3 is 2.88 bits per heavy atom. The van der Waals surface area contributed by atoms with Gasteiger partial charge in [0.25, 0.3) is 0 Å². The zero-order valence-corrected chi connectivity index (χ0v) is 9.23. The normalized spacial score (nSPS) is 33.1. The van der Waals surface area contributed by atoms with Gasteiger partial charge in [-0.3, -0.25) is 4.79 Å². The Kier molecular flexibility index (Phi) is 2.32. The van der Waals surface area contributed by atoms with Gasteiger partial charge in [-0.25, -0.2) is 0 Å². The quantitative estimate of drug-likeness (QED) is 0.720. The molecule has 0 saturated heterocycles. The topological polar surface area (TPSA) is 37.3 Å². The lowest BCUT2D eigenvalue weighted by molar-refractivity contribution is -0.126. The van der Waals surface area contributed by atoms with Crippen molar-refractivity contribution in [1.82, 2.24) is 0 Å². The summed E-state index contributed by atoms with van der Waals surface area (Å²) in [5.41, 5.74) is 2.66. The monoisotopic (exact) mass is 216 g/mol. The van der Waals surface area contributed by atoms with Crippen LogP contribution in [0.5, 0.6) is 0 Å². The molecule has 2 heteroatoms. The maximum Gasteiger partial charge on any atom is 0.136 e. The van der Waals surface area contributed by atoms with Crippen LogP contribution < -0.4 is 0 Å². The standard InChI is InChI=1S/C14H16O2/c15-10-7-13-11-4-2-1-3-9(11)5-6-12(13)14(16)8-10/h1-4,12-14,16H,5-8H2/t12-,13-,14+/m1/s1. The lowest BCUT2D eigenvalue weighted by Gasteiger charge is -2.39. The Bertz CT molecular complexity index is 424. The van der Waals surface area contributed by atoms with Gasteiger partial charge in [0.2, 0.25) is 0 Å². The smallest absolute Gasteiger partial charge is 0.136 e. The van der Waals surface area contributed by atoms with Crippen LogP contribution in [0.2, 0.25) is 0 Å². The number of hydrogen-bond donors (Lipinski definition) is 1. The zero-order valence-electron chi connectivity index (χ0n) is 9.23. The molecule has 1 fully saturated rings. The number of carbonyl (C=O) groups excluding carboxylic acids is 1. The third-order valence-corrected chi connectivity index (χ3v) is 4.10. The Balaban J connectivity index is 2.01. The molecule has 0 amide bonds. The molecule has 2 nitrogen and oxygen atoms in total. The summed E-state index contributed by atoms with van der Waals surface area (Å²) < 4.78 is 0. The van der Waals surface area contributed by atoms with E-state index in [4.69, 9.17) is 0 Å². The molecule has 0 aliphatic heterocycles. The first kappa shape index (κ1) is 10.0. The van der Waals surface area contributed by atoms with Crippen molar-refractivity contribution in [1.29, 1.82) is 0 Å². The van der Waals surface area contributed by atoms with Crippen molar-refractivity contribution in [2.75, 3.05) is 0 Å². The molecule has 0 radical (unpaired) electrons. The van der Waals surface area contributed by atoms with E-state index in [2.05, 4.69) is 18.2 Å². The van der Waals surface area contributed by atoms with Crippen molar-refractivity contribution >= 4 is 5.78 Å². The Morgan fingerprint density at radius 2 is 2.00 bits per heavy atom. The first-order valence-corrected chi connectivity index (χ1v) is 6.03. The van der Waals surface area contributed by atoms with E-state index >= 15 is 0 Å². The highest BCUT2D eigenvalue weighted by atomic mass is 16.3. The van der Waals surface area contributed by atoms with Gasteiger partial charge >= 0.3 is 0 Å². The summed E-state index contributed by atoms with van der Waals surface area (Å²) in [5, 5.41) is 9.98. The summed E-state index contributed by atoms with van der Waals surface area (Å²) in [6.45, 7) is 0. The molecule has 1 saturated carbocycles. The molecule has 3 rings (SSSR count). The van der Waals surface area contributed by atoms with Crippen LogP contribution in [-0.4, -0.2) is 17.0 Å². The van der Waals surface area contributed by atoms with E-state index in [-0.39, 0.29) is 11.7 Å². The van der Waals surface area contributed by atoms with Crippen molar-refractivity contribution in [3.63, 3.8) is 0 Å². The predicted octanol–water partition coefficient (Wildman–Crippen LogP) is 2.06. The number of Topliss-reactive ketones (excluding diaryl/α,β-unsaturated/α-hetero) is 1. The van der Waals surface area contributed by atoms with Gasteiger partial charge in [-0.15, -0.1) is 0 Å². The number of aliphatic hydroxyl groups excluding tert-OH is 1. The van der Waals surface area contributed by atoms with E-state index in [0.717, 1.165) is 12.8 Å². The number of rotatable bonds is 0. The summed E-state index contributed by atoms with van der Waals surface area (Å²) in [6.07, 6.45) is 2.64. The SMILES string of the molecule is O=C1C[C@@H]2c3ccccc3CC[C@H]2[C@@H](O)C1. The van der Waals surface area contributed by atoms with Crippen LogP contribution in [0.4, 0.5) is 0 Å². The maximum absolute atomic E-state index is 11.6. The summed E-state index contributed by atoms with van der Waals surface area (Å²) >= 11 is 0. The van der Waals surface area contributed by atoms with E-state index in [1.54, 1.807) is 0 Å². The summed E-state index contributed by atoms with van der Waals surface area (Å²) in [6, 6.07) is 8.36. The number of benzene rings is 1. The van der Waals surface area contributed by atoms with Gasteiger partial charge < -0.3 is 5.11 Å². The fraction of sp³-hybridized carbons (Fsp3) is 0.500. The third kappa shape index (κ3) is 1.49. The molecule has 0 heterocycles. The minimum Gasteiger partial charge on any atom is -0.392 e. The molecule has 3 atom stereocenters. The van der Waals surface area contributed by atoms with Crippen LogP contribution in [0.1, 0.15) is 36.3 Å². The van der Waals surface area contributed by atoms with Crippen LogP contribution in [0.3, 0.4) is 0 Å². The molecule has 0 spiro atoms. The average molecular weight is 216 g/mol. The lowest BCUT2D eigenvalue weighted by atomic mass is 9.66.